The van der Waals surface area contributed by atoms with E-state index in [9.17, 15) is 14.4 Å². The van der Waals surface area contributed by atoms with Gasteiger partial charge in [-0.25, -0.2) is 9.59 Å². The fraction of sp³-hybridized carbons (Fsp3) is 0.348. The number of ether oxygens (including phenoxy) is 2. The van der Waals surface area contributed by atoms with Crippen molar-refractivity contribution >= 4 is 18.0 Å². The molecule has 0 aliphatic heterocycles. The molecule has 0 aromatic heterocycles. The molecule has 7 heteroatoms. The number of amides is 2. The summed E-state index contributed by atoms with van der Waals surface area (Å²) in [5, 5.41) is 2.65. The number of esters is 1. The standard InChI is InChI=1S/C23H28N2O5/c1-17(2)21(22(27)29-15-18-10-6-4-7-11-18)24-20(26)14-25(3)23(28)30-16-19-12-8-5-9-13-19/h4-13,17,21H,14-16H2,1-3H3,(H,24,26)/t21-/m1/s1. The van der Waals surface area contributed by atoms with Gasteiger partial charge in [-0.1, -0.05) is 74.5 Å². The second-order valence-corrected chi connectivity index (χ2v) is 7.28. The minimum absolute atomic E-state index is 0.117. The highest BCUT2D eigenvalue weighted by atomic mass is 16.6. The van der Waals surface area contributed by atoms with Gasteiger partial charge in [0.05, 0.1) is 0 Å². The minimum Gasteiger partial charge on any atom is -0.459 e. The number of likely N-dealkylation sites (N-methyl/N-ethyl adjacent to an activating group) is 1. The van der Waals surface area contributed by atoms with Gasteiger partial charge in [0.15, 0.2) is 0 Å². The molecule has 0 bridgehead atoms. The zero-order valence-corrected chi connectivity index (χ0v) is 17.5. The van der Waals surface area contributed by atoms with E-state index in [0.717, 1.165) is 16.0 Å². The summed E-state index contributed by atoms with van der Waals surface area (Å²) in [6.45, 7) is 3.64. The third-order valence-corrected chi connectivity index (χ3v) is 4.36. The molecule has 0 heterocycles. The molecule has 2 rings (SSSR count). The molecule has 7 nitrogen and oxygen atoms in total. The van der Waals surface area contributed by atoms with Gasteiger partial charge >= 0.3 is 12.1 Å². The molecule has 0 fully saturated rings. The number of carbonyl (C=O) groups is 3. The number of hydrogen-bond donors (Lipinski definition) is 1. The van der Waals surface area contributed by atoms with Crippen LogP contribution in [0.25, 0.3) is 0 Å². The van der Waals surface area contributed by atoms with Gasteiger partial charge < -0.3 is 19.7 Å². The van der Waals surface area contributed by atoms with Crippen molar-refractivity contribution in [3.8, 4) is 0 Å². The average molecular weight is 412 g/mol. The van der Waals surface area contributed by atoms with E-state index in [2.05, 4.69) is 5.32 Å². The van der Waals surface area contributed by atoms with Crippen molar-refractivity contribution in [1.82, 2.24) is 10.2 Å². The Morgan fingerprint density at radius 1 is 0.867 bits per heavy atom. The van der Waals surface area contributed by atoms with Crippen molar-refractivity contribution in [2.24, 2.45) is 5.92 Å². The molecule has 0 aliphatic carbocycles. The van der Waals surface area contributed by atoms with Crippen molar-refractivity contribution in [1.29, 1.82) is 0 Å². The lowest BCUT2D eigenvalue weighted by atomic mass is 10.0. The zero-order chi connectivity index (χ0) is 21.9. The number of nitrogens with zero attached hydrogens (tertiary/aromatic N) is 1. The highest BCUT2D eigenvalue weighted by Crippen LogP contribution is 2.08. The van der Waals surface area contributed by atoms with Crippen LogP contribution in [0.1, 0.15) is 25.0 Å². The largest absolute Gasteiger partial charge is 0.459 e. The molecule has 1 N–H and O–H groups in total. The molecule has 160 valence electrons. The molecule has 30 heavy (non-hydrogen) atoms. The van der Waals surface area contributed by atoms with E-state index >= 15 is 0 Å². The van der Waals surface area contributed by atoms with Gasteiger partial charge in [-0.2, -0.15) is 0 Å². The molecule has 2 aromatic carbocycles. The second kappa shape index (κ2) is 11.6. The number of rotatable bonds is 9. The van der Waals surface area contributed by atoms with Gasteiger partial charge in [-0.05, 0) is 17.0 Å². The average Bonchev–Trinajstić information content (AvgIpc) is 2.75. The Morgan fingerprint density at radius 2 is 1.37 bits per heavy atom. The third kappa shape index (κ3) is 7.58. The molecule has 2 amide bonds. The van der Waals surface area contributed by atoms with Crippen LogP contribution in [0.4, 0.5) is 4.79 Å². The normalized spacial score (nSPS) is 11.5. The molecule has 2 aromatic rings. The Morgan fingerprint density at radius 3 is 1.87 bits per heavy atom. The maximum Gasteiger partial charge on any atom is 0.410 e. The quantitative estimate of drug-likeness (QED) is 0.640. The Bertz CT molecular complexity index is 824. The van der Waals surface area contributed by atoms with Gasteiger partial charge in [-0.3, -0.25) is 4.79 Å². The topological polar surface area (TPSA) is 84.9 Å². The van der Waals surface area contributed by atoms with E-state index in [1.807, 2.05) is 74.5 Å². The lowest BCUT2D eigenvalue weighted by molar-refractivity contribution is -0.150. The van der Waals surface area contributed by atoms with Crippen LogP contribution in [0.2, 0.25) is 0 Å². The van der Waals surface area contributed by atoms with E-state index in [1.165, 1.54) is 7.05 Å². The first kappa shape index (κ1) is 22.9. The predicted octanol–water partition coefficient (Wildman–Crippen LogP) is 3.14. The molecule has 0 saturated carbocycles. The monoisotopic (exact) mass is 412 g/mol. The minimum atomic E-state index is -0.810. The third-order valence-electron chi connectivity index (χ3n) is 4.36. The first-order valence-corrected chi connectivity index (χ1v) is 9.78. The Hall–Kier alpha value is -3.35. The van der Waals surface area contributed by atoms with Crippen LogP contribution >= 0.6 is 0 Å². The number of hydrogen-bond acceptors (Lipinski definition) is 5. The van der Waals surface area contributed by atoms with Crippen LogP contribution < -0.4 is 5.32 Å². The molecule has 1 atom stereocenters. The van der Waals surface area contributed by atoms with E-state index in [1.54, 1.807) is 0 Å². The fourth-order valence-electron chi connectivity index (χ4n) is 2.64. The number of benzene rings is 2. The zero-order valence-electron chi connectivity index (χ0n) is 17.5. The molecular formula is C23H28N2O5. The van der Waals surface area contributed by atoms with E-state index in [0.29, 0.717) is 0 Å². The Kier molecular flexibility index (Phi) is 8.87. The maximum atomic E-state index is 12.4. The summed E-state index contributed by atoms with van der Waals surface area (Å²) in [6.07, 6.45) is -0.623. The van der Waals surface area contributed by atoms with Crippen LogP contribution in [0.15, 0.2) is 60.7 Å². The summed E-state index contributed by atoms with van der Waals surface area (Å²) >= 11 is 0. The Balaban J connectivity index is 1.81. The Labute approximate surface area is 177 Å². The van der Waals surface area contributed by atoms with Gasteiger partial charge in [0.25, 0.3) is 0 Å². The molecule has 0 radical (unpaired) electrons. The van der Waals surface area contributed by atoms with Gasteiger partial charge in [0.2, 0.25) is 5.91 Å². The predicted molar refractivity (Wildman–Crippen MR) is 112 cm³/mol. The van der Waals surface area contributed by atoms with Crippen molar-refractivity contribution in [2.45, 2.75) is 33.1 Å². The summed E-state index contributed by atoms with van der Waals surface area (Å²) in [6, 6.07) is 17.7. The molecular weight excluding hydrogens is 384 g/mol. The van der Waals surface area contributed by atoms with Crippen LogP contribution in [-0.2, 0) is 32.3 Å². The van der Waals surface area contributed by atoms with E-state index < -0.39 is 24.0 Å². The maximum absolute atomic E-state index is 12.4. The highest BCUT2D eigenvalue weighted by molar-refractivity contribution is 5.87. The molecule has 0 unspecified atom stereocenters. The summed E-state index contributed by atoms with van der Waals surface area (Å²) in [5.74, 6) is -1.16. The van der Waals surface area contributed by atoms with Crippen LogP contribution in [0.5, 0.6) is 0 Å². The molecule has 0 spiro atoms. The van der Waals surface area contributed by atoms with Gasteiger partial charge in [0, 0.05) is 7.05 Å². The van der Waals surface area contributed by atoms with Gasteiger partial charge in [0.1, 0.15) is 25.8 Å². The first-order valence-electron chi connectivity index (χ1n) is 9.78. The highest BCUT2D eigenvalue weighted by Gasteiger charge is 2.26. The van der Waals surface area contributed by atoms with Crippen molar-refractivity contribution in [3.05, 3.63) is 71.8 Å². The molecule has 0 saturated heterocycles. The summed E-state index contributed by atoms with van der Waals surface area (Å²) in [5.41, 5.74) is 1.71. The van der Waals surface area contributed by atoms with Crippen molar-refractivity contribution in [2.75, 3.05) is 13.6 Å². The molecule has 0 aliphatic rings. The van der Waals surface area contributed by atoms with Crippen molar-refractivity contribution < 1.29 is 23.9 Å². The van der Waals surface area contributed by atoms with E-state index in [-0.39, 0.29) is 25.7 Å². The van der Waals surface area contributed by atoms with Crippen LogP contribution in [0.3, 0.4) is 0 Å². The SMILES string of the molecule is CC(C)[C@@H](NC(=O)CN(C)C(=O)OCc1ccccc1)C(=O)OCc1ccccc1. The second-order valence-electron chi connectivity index (χ2n) is 7.28. The summed E-state index contributed by atoms with van der Waals surface area (Å²) < 4.78 is 10.5. The lowest BCUT2D eigenvalue weighted by Gasteiger charge is -2.23. The summed E-state index contributed by atoms with van der Waals surface area (Å²) in [7, 11) is 1.46. The smallest absolute Gasteiger partial charge is 0.410 e. The summed E-state index contributed by atoms with van der Waals surface area (Å²) in [4.78, 5) is 38.0. The van der Waals surface area contributed by atoms with Gasteiger partial charge in [-0.15, -0.1) is 0 Å². The first-order chi connectivity index (χ1) is 14.4. The fourth-order valence-corrected chi connectivity index (χ4v) is 2.64. The van der Waals surface area contributed by atoms with E-state index in [4.69, 9.17) is 9.47 Å². The lowest BCUT2D eigenvalue weighted by Crippen LogP contribution is -2.49. The number of nitrogens with one attached hydrogen (secondary N) is 1. The van der Waals surface area contributed by atoms with Crippen LogP contribution in [0, 0.1) is 5.92 Å². The number of carbonyl (C=O) groups excluding carboxylic acids is 3. The van der Waals surface area contributed by atoms with Crippen LogP contribution in [-0.4, -0.2) is 42.5 Å². The van der Waals surface area contributed by atoms with Crippen molar-refractivity contribution in [3.63, 3.8) is 0 Å².